The molecule has 1 aromatic heterocycles. The Labute approximate surface area is 112 Å². The van der Waals surface area contributed by atoms with Crippen molar-refractivity contribution >= 4 is 5.69 Å². The minimum atomic E-state index is -4.47. The third kappa shape index (κ3) is 2.40. The summed E-state index contributed by atoms with van der Waals surface area (Å²) >= 11 is 0. The van der Waals surface area contributed by atoms with Crippen LogP contribution >= 0.6 is 0 Å². The number of benzene rings is 1. The smallest absolute Gasteiger partial charge is 0.398 e. The van der Waals surface area contributed by atoms with Crippen molar-refractivity contribution in [3.8, 4) is 17.3 Å². The molecule has 0 saturated carbocycles. The van der Waals surface area contributed by atoms with Crippen LogP contribution in [-0.2, 0) is 6.18 Å². The molecule has 0 radical (unpaired) electrons. The van der Waals surface area contributed by atoms with Gasteiger partial charge in [-0.1, -0.05) is 0 Å². The van der Waals surface area contributed by atoms with Crippen molar-refractivity contribution in [2.75, 3.05) is 5.73 Å². The van der Waals surface area contributed by atoms with E-state index >= 15 is 0 Å². The van der Waals surface area contributed by atoms with Crippen LogP contribution in [0.5, 0.6) is 0 Å². The van der Waals surface area contributed by atoms with Gasteiger partial charge in [-0.25, -0.2) is 9.97 Å². The molecule has 7 heteroatoms. The Morgan fingerprint density at radius 3 is 2.55 bits per heavy atom. The van der Waals surface area contributed by atoms with Gasteiger partial charge >= 0.3 is 6.18 Å². The Morgan fingerprint density at radius 1 is 1.25 bits per heavy atom. The molecule has 0 spiro atoms. The van der Waals surface area contributed by atoms with E-state index in [-0.39, 0.29) is 22.6 Å². The first-order valence-corrected chi connectivity index (χ1v) is 5.53. The Balaban J connectivity index is 2.68. The number of nitrogens with zero attached hydrogens (tertiary/aromatic N) is 3. The van der Waals surface area contributed by atoms with Gasteiger partial charge in [0.2, 0.25) is 0 Å². The lowest BCUT2D eigenvalue weighted by Crippen LogP contribution is -2.06. The van der Waals surface area contributed by atoms with Crippen molar-refractivity contribution in [1.29, 1.82) is 5.26 Å². The Kier molecular flexibility index (Phi) is 3.32. The zero-order valence-corrected chi connectivity index (χ0v) is 10.4. The second-order valence-electron chi connectivity index (χ2n) is 4.11. The molecule has 0 atom stereocenters. The zero-order valence-electron chi connectivity index (χ0n) is 10.4. The van der Waals surface area contributed by atoms with Crippen LogP contribution in [-0.4, -0.2) is 9.97 Å². The summed E-state index contributed by atoms with van der Waals surface area (Å²) in [6.45, 7) is 1.56. The number of nitriles is 1. The molecule has 0 unspecified atom stereocenters. The number of alkyl halides is 3. The first kappa shape index (κ1) is 13.8. The van der Waals surface area contributed by atoms with E-state index in [4.69, 9.17) is 11.0 Å². The van der Waals surface area contributed by atoms with Crippen LogP contribution in [0.15, 0.2) is 24.5 Å². The van der Waals surface area contributed by atoms with Gasteiger partial charge in [0, 0.05) is 16.8 Å². The summed E-state index contributed by atoms with van der Waals surface area (Å²) in [6, 6.07) is 4.85. The van der Waals surface area contributed by atoms with E-state index in [2.05, 4.69) is 9.97 Å². The number of nitrogens with two attached hydrogens (primary N) is 1. The molecule has 0 fully saturated rings. The van der Waals surface area contributed by atoms with Gasteiger partial charge in [-0.2, -0.15) is 18.4 Å². The first-order valence-electron chi connectivity index (χ1n) is 5.53. The maximum Gasteiger partial charge on any atom is 0.416 e. The highest BCUT2D eigenvalue weighted by molar-refractivity contribution is 5.77. The van der Waals surface area contributed by atoms with Crippen LogP contribution in [0.1, 0.15) is 16.8 Å². The molecule has 1 heterocycles. The third-order valence-corrected chi connectivity index (χ3v) is 2.83. The summed E-state index contributed by atoms with van der Waals surface area (Å²) in [4.78, 5) is 7.68. The molecule has 0 aliphatic heterocycles. The van der Waals surface area contributed by atoms with Crippen molar-refractivity contribution in [2.45, 2.75) is 13.1 Å². The van der Waals surface area contributed by atoms with E-state index in [1.807, 2.05) is 6.07 Å². The molecule has 2 N–H and O–H groups in total. The molecule has 1 aromatic carbocycles. The Hall–Kier alpha value is -2.62. The average Bonchev–Trinajstić information content (AvgIpc) is 2.38. The molecule has 0 aliphatic carbocycles. The van der Waals surface area contributed by atoms with Crippen molar-refractivity contribution in [3.05, 3.63) is 41.3 Å². The van der Waals surface area contributed by atoms with Crippen LogP contribution in [0.25, 0.3) is 11.3 Å². The van der Waals surface area contributed by atoms with E-state index in [1.165, 1.54) is 6.07 Å². The second kappa shape index (κ2) is 4.81. The van der Waals surface area contributed by atoms with E-state index in [9.17, 15) is 13.2 Å². The minimum Gasteiger partial charge on any atom is -0.398 e. The first-order chi connectivity index (χ1) is 9.34. The number of halogens is 3. The molecule has 0 saturated heterocycles. The van der Waals surface area contributed by atoms with E-state index < -0.39 is 11.7 Å². The van der Waals surface area contributed by atoms with Crippen LogP contribution in [0.4, 0.5) is 18.9 Å². The third-order valence-electron chi connectivity index (χ3n) is 2.83. The lowest BCUT2D eigenvalue weighted by Gasteiger charge is -2.12. The zero-order chi connectivity index (χ0) is 14.9. The largest absolute Gasteiger partial charge is 0.416 e. The number of aromatic nitrogens is 2. The number of rotatable bonds is 1. The molecule has 0 aliphatic rings. The molecule has 0 amide bonds. The van der Waals surface area contributed by atoms with Gasteiger partial charge in [-0.3, -0.25) is 0 Å². The molecule has 0 bridgehead atoms. The fraction of sp³-hybridized carbons (Fsp3) is 0.154. The van der Waals surface area contributed by atoms with Gasteiger partial charge in [0.15, 0.2) is 0 Å². The topological polar surface area (TPSA) is 75.6 Å². The standard InChI is InChI=1S/C13H9F3N4/c1-7-11(5-17)19-6-20-12(7)9-4-8(13(14,15)16)2-3-10(9)18/h2-4,6H,18H2,1H3. The van der Waals surface area contributed by atoms with Crippen molar-refractivity contribution in [3.63, 3.8) is 0 Å². The summed E-state index contributed by atoms with van der Waals surface area (Å²) in [5.74, 6) is 0. The molecular weight excluding hydrogens is 269 g/mol. The van der Waals surface area contributed by atoms with Crippen LogP contribution in [0, 0.1) is 18.3 Å². The SMILES string of the molecule is Cc1c(C#N)ncnc1-c1cc(C(F)(F)F)ccc1N. The van der Waals surface area contributed by atoms with E-state index in [0.717, 1.165) is 18.5 Å². The highest BCUT2D eigenvalue weighted by Crippen LogP contribution is 2.35. The second-order valence-corrected chi connectivity index (χ2v) is 4.11. The average molecular weight is 278 g/mol. The summed E-state index contributed by atoms with van der Waals surface area (Å²) in [7, 11) is 0. The number of anilines is 1. The van der Waals surface area contributed by atoms with Gasteiger partial charge in [-0.05, 0) is 25.1 Å². The summed E-state index contributed by atoms with van der Waals surface area (Å²) in [6.07, 6.45) is -3.35. The van der Waals surface area contributed by atoms with Gasteiger partial charge in [0.1, 0.15) is 18.1 Å². The molecule has 102 valence electrons. The van der Waals surface area contributed by atoms with Crippen molar-refractivity contribution in [1.82, 2.24) is 9.97 Å². The van der Waals surface area contributed by atoms with Crippen LogP contribution in [0.2, 0.25) is 0 Å². The van der Waals surface area contributed by atoms with Gasteiger partial charge in [0.05, 0.1) is 11.3 Å². The highest BCUT2D eigenvalue weighted by Gasteiger charge is 2.31. The van der Waals surface area contributed by atoms with Crippen LogP contribution in [0.3, 0.4) is 0 Å². The fourth-order valence-electron chi connectivity index (χ4n) is 1.77. The highest BCUT2D eigenvalue weighted by atomic mass is 19.4. The minimum absolute atomic E-state index is 0.104. The maximum absolute atomic E-state index is 12.7. The maximum atomic E-state index is 12.7. The summed E-state index contributed by atoms with van der Waals surface area (Å²) in [5, 5.41) is 8.89. The quantitative estimate of drug-likeness (QED) is 0.814. The fourth-order valence-corrected chi connectivity index (χ4v) is 1.77. The summed E-state index contributed by atoms with van der Waals surface area (Å²) < 4.78 is 38.2. The van der Waals surface area contributed by atoms with Gasteiger partial charge in [0.25, 0.3) is 0 Å². The Morgan fingerprint density at radius 2 is 1.95 bits per heavy atom. The van der Waals surface area contributed by atoms with E-state index in [0.29, 0.717) is 5.56 Å². The molecular formula is C13H9F3N4. The molecule has 20 heavy (non-hydrogen) atoms. The normalized spacial score (nSPS) is 11.2. The number of nitrogen functional groups attached to an aromatic ring is 1. The molecule has 2 rings (SSSR count). The van der Waals surface area contributed by atoms with Gasteiger partial charge in [-0.15, -0.1) is 0 Å². The monoisotopic (exact) mass is 278 g/mol. The van der Waals surface area contributed by atoms with Crippen LogP contribution < -0.4 is 5.73 Å². The lowest BCUT2D eigenvalue weighted by molar-refractivity contribution is -0.137. The van der Waals surface area contributed by atoms with E-state index in [1.54, 1.807) is 6.92 Å². The Bertz CT molecular complexity index is 702. The number of hydrogen-bond donors (Lipinski definition) is 1. The van der Waals surface area contributed by atoms with Gasteiger partial charge < -0.3 is 5.73 Å². The predicted molar refractivity (Wildman–Crippen MR) is 66.3 cm³/mol. The van der Waals surface area contributed by atoms with Crippen molar-refractivity contribution in [2.24, 2.45) is 0 Å². The number of hydrogen-bond acceptors (Lipinski definition) is 4. The molecule has 2 aromatic rings. The van der Waals surface area contributed by atoms with Crippen molar-refractivity contribution < 1.29 is 13.2 Å². The lowest BCUT2D eigenvalue weighted by atomic mass is 10.0. The summed E-state index contributed by atoms with van der Waals surface area (Å²) in [5.41, 5.74) is 5.90. The predicted octanol–water partition coefficient (Wildman–Crippen LogP) is 2.92. The molecule has 4 nitrogen and oxygen atoms in total.